The molecule has 2 aromatic carbocycles. The highest BCUT2D eigenvalue weighted by Crippen LogP contribution is 2.13. The third-order valence-corrected chi connectivity index (χ3v) is 7.46. The van der Waals surface area contributed by atoms with Gasteiger partial charge < -0.3 is 20.7 Å². The second-order valence-electron chi connectivity index (χ2n) is 10.7. The van der Waals surface area contributed by atoms with Crippen molar-refractivity contribution < 1.29 is 14.3 Å². The first-order chi connectivity index (χ1) is 20.1. The molecule has 2 amide bonds. The maximum atomic E-state index is 13.0. The highest BCUT2D eigenvalue weighted by Gasteiger charge is 2.21. The first-order valence-electron chi connectivity index (χ1n) is 15.7. The average Bonchev–Trinajstić information content (AvgIpc) is 2.99. The Morgan fingerprint density at radius 1 is 0.756 bits per heavy atom. The van der Waals surface area contributed by atoms with Gasteiger partial charge in [-0.05, 0) is 49.8 Å². The molecule has 0 unspecified atom stereocenters. The van der Waals surface area contributed by atoms with Crippen LogP contribution in [0.2, 0.25) is 0 Å². The predicted octanol–water partition coefficient (Wildman–Crippen LogP) is 8.71. The summed E-state index contributed by atoms with van der Waals surface area (Å²) in [5.41, 5.74) is 1.58. The zero-order chi connectivity index (χ0) is 29.4. The van der Waals surface area contributed by atoms with Gasteiger partial charge in [-0.1, -0.05) is 132 Å². The molecule has 0 saturated carbocycles. The van der Waals surface area contributed by atoms with Gasteiger partial charge in [-0.3, -0.25) is 4.79 Å². The van der Waals surface area contributed by atoms with Gasteiger partial charge in [-0.2, -0.15) is 0 Å². The third-order valence-electron chi connectivity index (χ3n) is 7.11. The number of benzene rings is 2. The first kappa shape index (κ1) is 34.3. The number of hydrogen-bond donors (Lipinski definition) is 3. The standard InChI is InChI=1S/C34H51N3O3S/c1-2-3-4-5-6-7-8-9-10-11-18-26-32(41)35-27-20-19-25-31(33(38)36-30-23-16-13-17-24-30)37-34(39)40-28-29-21-14-12-15-22-29/h12-17,21-24,31H,2-11,18-20,25-28H2,1H3,(H,35,41)(H,36,38)(H,37,39)/t31-/m0/s1. The van der Waals surface area contributed by atoms with E-state index in [1.807, 2.05) is 60.7 Å². The van der Waals surface area contributed by atoms with Crippen molar-refractivity contribution >= 4 is 34.9 Å². The van der Waals surface area contributed by atoms with Crippen LogP contribution in [0.3, 0.4) is 0 Å². The first-order valence-corrected chi connectivity index (χ1v) is 16.1. The summed E-state index contributed by atoms with van der Waals surface area (Å²) in [6.07, 6.45) is 17.1. The molecule has 0 aromatic heterocycles. The zero-order valence-electron chi connectivity index (χ0n) is 25.0. The van der Waals surface area contributed by atoms with Crippen molar-refractivity contribution in [2.24, 2.45) is 0 Å². The molecule has 0 saturated heterocycles. The maximum absolute atomic E-state index is 13.0. The Kier molecular flexibility index (Phi) is 19.0. The van der Waals surface area contributed by atoms with Crippen LogP contribution in [0.1, 0.15) is 109 Å². The molecule has 0 aliphatic carbocycles. The molecule has 0 aliphatic rings. The summed E-state index contributed by atoms with van der Waals surface area (Å²) in [6, 6.07) is 18.0. The van der Waals surface area contributed by atoms with Crippen LogP contribution in [-0.4, -0.2) is 29.6 Å². The second-order valence-corrected chi connectivity index (χ2v) is 11.2. The van der Waals surface area contributed by atoms with Gasteiger partial charge in [0.05, 0.1) is 4.99 Å². The fourth-order valence-electron chi connectivity index (χ4n) is 4.67. The molecule has 1 atom stereocenters. The summed E-state index contributed by atoms with van der Waals surface area (Å²) in [5, 5.41) is 9.00. The number of ether oxygens (including phenoxy) is 1. The van der Waals surface area contributed by atoms with E-state index < -0.39 is 12.1 Å². The van der Waals surface area contributed by atoms with Crippen LogP contribution >= 0.6 is 12.2 Å². The van der Waals surface area contributed by atoms with E-state index in [4.69, 9.17) is 17.0 Å². The Balaban J connectivity index is 1.61. The molecule has 0 fully saturated rings. The van der Waals surface area contributed by atoms with Gasteiger partial charge in [-0.15, -0.1) is 0 Å². The van der Waals surface area contributed by atoms with Crippen molar-refractivity contribution in [3.63, 3.8) is 0 Å². The minimum atomic E-state index is -0.693. The number of hydrogen-bond acceptors (Lipinski definition) is 4. The maximum Gasteiger partial charge on any atom is 0.408 e. The number of nitrogens with one attached hydrogen (secondary N) is 3. The third kappa shape index (κ3) is 17.5. The summed E-state index contributed by atoms with van der Waals surface area (Å²) in [5.74, 6) is -0.257. The van der Waals surface area contributed by atoms with Gasteiger partial charge >= 0.3 is 6.09 Å². The summed E-state index contributed by atoms with van der Waals surface area (Å²) in [7, 11) is 0. The van der Waals surface area contributed by atoms with Gasteiger partial charge in [0, 0.05) is 12.2 Å². The second kappa shape index (κ2) is 22.7. The summed E-state index contributed by atoms with van der Waals surface area (Å²) in [6.45, 7) is 3.18. The molecule has 3 N–H and O–H groups in total. The van der Waals surface area contributed by atoms with Crippen molar-refractivity contribution in [1.29, 1.82) is 0 Å². The number of thiocarbonyl (C=S) groups is 1. The van der Waals surface area contributed by atoms with E-state index in [0.717, 1.165) is 42.8 Å². The van der Waals surface area contributed by atoms with Crippen LogP contribution in [0.5, 0.6) is 0 Å². The van der Waals surface area contributed by atoms with Crippen LogP contribution in [0.4, 0.5) is 10.5 Å². The van der Waals surface area contributed by atoms with Crippen molar-refractivity contribution in [3.05, 3.63) is 66.2 Å². The molecule has 0 bridgehead atoms. The molecule has 6 nitrogen and oxygen atoms in total. The number of rotatable bonds is 22. The molecule has 226 valence electrons. The number of para-hydroxylation sites is 1. The summed E-state index contributed by atoms with van der Waals surface area (Å²) < 4.78 is 5.35. The normalized spacial score (nSPS) is 11.4. The molecule has 2 aromatic rings. The van der Waals surface area contributed by atoms with Crippen molar-refractivity contribution in [3.8, 4) is 0 Å². The van der Waals surface area contributed by atoms with Gasteiger partial charge in [0.2, 0.25) is 5.91 Å². The number of carbonyl (C=O) groups excluding carboxylic acids is 2. The van der Waals surface area contributed by atoms with E-state index in [9.17, 15) is 9.59 Å². The molecule has 0 radical (unpaired) electrons. The van der Waals surface area contributed by atoms with Crippen molar-refractivity contribution in [2.75, 3.05) is 11.9 Å². The Labute approximate surface area is 253 Å². The minimum Gasteiger partial charge on any atom is -0.445 e. The van der Waals surface area contributed by atoms with E-state index in [2.05, 4.69) is 22.9 Å². The van der Waals surface area contributed by atoms with Crippen LogP contribution in [-0.2, 0) is 16.1 Å². The Morgan fingerprint density at radius 2 is 1.34 bits per heavy atom. The Hall–Kier alpha value is -2.93. The Bertz CT molecular complexity index is 972. The highest BCUT2D eigenvalue weighted by molar-refractivity contribution is 7.80. The van der Waals surface area contributed by atoms with Gasteiger partial charge in [-0.25, -0.2) is 4.79 Å². The predicted molar refractivity (Wildman–Crippen MR) is 174 cm³/mol. The molecule has 2 rings (SSSR count). The van der Waals surface area contributed by atoms with E-state index in [1.165, 1.54) is 64.2 Å². The van der Waals surface area contributed by atoms with Crippen LogP contribution < -0.4 is 16.0 Å². The number of carbonyl (C=O) groups is 2. The lowest BCUT2D eigenvalue weighted by atomic mass is 10.1. The number of alkyl carbamates (subject to hydrolysis) is 1. The number of amides is 2. The van der Waals surface area contributed by atoms with Crippen LogP contribution in [0, 0.1) is 0 Å². The monoisotopic (exact) mass is 581 g/mol. The smallest absolute Gasteiger partial charge is 0.408 e. The highest BCUT2D eigenvalue weighted by atomic mass is 32.1. The van der Waals surface area contributed by atoms with E-state index in [-0.39, 0.29) is 12.5 Å². The average molecular weight is 582 g/mol. The SMILES string of the molecule is CCCCCCCCCCCCCC(=S)NCCCC[C@H](NC(=O)OCc1ccccc1)C(=O)Nc1ccccc1. The summed E-state index contributed by atoms with van der Waals surface area (Å²) in [4.78, 5) is 26.3. The van der Waals surface area contributed by atoms with Crippen LogP contribution in [0.15, 0.2) is 60.7 Å². The topological polar surface area (TPSA) is 79.5 Å². The largest absolute Gasteiger partial charge is 0.445 e. The minimum absolute atomic E-state index is 0.153. The zero-order valence-corrected chi connectivity index (χ0v) is 25.8. The lowest BCUT2D eigenvalue weighted by Gasteiger charge is -2.18. The van der Waals surface area contributed by atoms with Gasteiger partial charge in [0.15, 0.2) is 0 Å². The fourth-order valence-corrected chi connectivity index (χ4v) is 4.91. The quantitative estimate of drug-likeness (QED) is 0.0957. The molecule has 0 heterocycles. The molecule has 0 aliphatic heterocycles. The number of anilines is 1. The van der Waals surface area contributed by atoms with Gasteiger partial charge in [0.1, 0.15) is 12.6 Å². The molecular formula is C34H51N3O3S. The molecule has 7 heteroatoms. The van der Waals surface area contributed by atoms with E-state index in [1.54, 1.807) is 0 Å². The molecule has 41 heavy (non-hydrogen) atoms. The van der Waals surface area contributed by atoms with Gasteiger partial charge in [0.25, 0.3) is 0 Å². The molecular weight excluding hydrogens is 530 g/mol. The van der Waals surface area contributed by atoms with E-state index >= 15 is 0 Å². The Morgan fingerprint density at radius 3 is 1.98 bits per heavy atom. The van der Waals surface area contributed by atoms with Crippen LogP contribution in [0.25, 0.3) is 0 Å². The van der Waals surface area contributed by atoms with Crippen molar-refractivity contribution in [2.45, 2.75) is 116 Å². The number of unbranched alkanes of at least 4 members (excludes halogenated alkanes) is 11. The lowest BCUT2D eigenvalue weighted by Crippen LogP contribution is -2.44. The molecule has 0 spiro atoms. The fraction of sp³-hybridized carbons (Fsp3) is 0.559. The van der Waals surface area contributed by atoms with Crippen molar-refractivity contribution in [1.82, 2.24) is 10.6 Å². The lowest BCUT2D eigenvalue weighted by molar-refractivity contribution is -0.118. The van der Waals surface area contributed by atoms with E-state index in [0.29, 0.717) is 12.1 Å². The summed E-state index contributed by atoms with van der Waals surface area (Å²) >= 11 is 5.52.